The maximum atomic E-state index is 11.4. The van der Waals surface area contributed by atoms with E-state index < -0.39 is 12.0 Å². The molecule has 0 saturated carbocycles. The molecule has 1 aromatic carbocycles. The second kappa shape index (κ2) is 5.68. The van der Waals surface area contributed by atoms with Crippen LogP contribution in [-0.4, -0.2) is 38.4 Å². The number of carboxylic acid groups (broad SMARTS) is 1. The first-order valence-corrected chi connectivity index (χ1v) is 6.19. The van der Waals surface area contributed by atoms with E-state index in [1.54, 1.807) is 25.3 Å². The Labute approximate surface area is 116 Å². The molecule has 7 nitrogen and oxygen atoms in total. The average Bonchev–Trinajstić information content (AvgIpc) is 2.87. The molecule has 2 aromatic rings. The van der Waals surface area contributed by atoms with Gasteiger partial charge in [-0.2, -0.15) is 0 Å². The van der Waals surface area contributed by atoms with Crippen molar-refractivity contribution in [2.24, 2.45) is 5.92 Å². The van der Waals surface area contributed by atoms with Crippen LogP contribution in [0.25, 0.3) is 11.4 Å². The first-order valence-electron chi connectivity index (χ1n) is 6.19. The highest BCUT2D eigenvalue weighted by atomic mass is 16.5. The average molecular weight is 276 g/mol. The molecular formula is C13H16N4O3. The highest BCUT2D eigenvalue weighted by molar-refractivity contribution is 5.73. The van der Waals surface area contributed by atoms with Crippen molar-refractivity contribution >= 4 is 5.97 Å². The molecule has 20 heavy (non-hydrogen) atoms. The lowest BCUT2D eigenvalue weighted by Gasteiger charge is -2.17. The third kappa shape index (κ3) is 2.61. The van der Waals surface area contributed by atoms with E-state index in [0.29, 0.717) is 17.1 Å². The minimum atomic E-state index is -0.962. The zero-order valence-electron chi connectivity index (χ0n) is 11.5. The molecule has 1 aromatic heterocycles. The SMILES string of the molecule is COc1cccc(-c2nnnn2C(C(=O)O)C(C)C)c1. The molecule has 1 atom stereocenters. The molecule has 0 amide bonds. The summed E-state index contributed by atoms with van der Waals surface area (Å²) in [5.74, 6) is -0.0322. The van der Waals surface area contributed by atoms with Crippen molar-refractivity contribution < 1.29 is 14.6 Å². The molecule has 0 aliphatic rings. The topological polar surface area (TPSA) is 90.1 Å². The number of nitrogens with zero attached hydrogens (tertiary/aromatic N) is 4. The normalized spacial score (nSPS) is 12.4. The molecule has 0 aliphatic heterocycles. The molecule has 1 heterocycles. The van der Waals surface area contributed by atoms with E-state index in [2.05, 4.69) is 15.5 Å². The van der Waals surface area contributed by atoms with Crippen LogP contribution in [-0.2, 0) is 4.79 Å². The van der Waals surface area contributed by atoms with Gasteiger partial charge in [0.1, 0.15) is 5.75 Å². The summed E-state index contributed by atoms with van der Waals surface area (Å²) >= 11 is 0. The molecule has 0 bridgehead atoms. The number of carboxylic acids is 1. The molecule has 0 aliphatic carbocycles. The van der Waals surface area contributed by atoms with Gasteiger partial charge in [0, 0.05) is 5.56 Å². The van der Waals surface area contributed by atoms with Crippen LogP contribution in [0.2, 0.25) is 0 Å². The molecule has 7 heteroatoms. The lowest BCUT2D eigenvalue weighted by Crippen LogP contribution is -2.26. The smallest absolute Gasteiger partial charge is 0.328 e. The van der Waals surface area contributed by atoms with E-state index in [1.165, 1.54) is 4.68 Å². The largest absolute Gasteiger partial charge is 0.497 e. The predicted octanol–water partition coefficient (Wildman–Crippen LogP) is 1.63. The van der Waals surface area contributed by atoms with Crippen LogP contribution in [0, 0.1) is 5.92 Å². The van der Waals surface area contributed by atoms with Gasteiger partial charge in [0.15, 0.2) is 11.9 Å². The predicted molar refractivity (Wildman–Crippen MR) is 71.3 cm³/mol. The molecule has 0 fully saturated rings. The lowest BCUT2D eigenvalue weighted by atomic mass is 10.0. The molecular weight excluding hydrogens is 260 g/mol. The zero-order chi connectivity index (χ0) is 14.7. The Balaban J connectivity index is 2.49. The first-order chi connectivity index (χ1) is 9.54. The Bertz CT molecular complexity index is 609. The molecule has 0 spiro atoms. The summed E-state index contributed by atoms with van der Waals surface area (Å²) in [7, 11) is 1.57. The van der Waals surface area contributed by atoms with Crippen LogP contribution in [0.5, 0.6) is 5.75 Å². The van der Waals surface area contributed by atoms with E-state index >= 15 is 0 Å². The van der Waals surface area contributed by atoms with Gasteiger partial charge in [-0.05, 0) is 28.5 Å². The van der Waals surface area contributed by atoms with E-state index in [-0.39, 0.29) is 5.92 Å². The summed E-state index contributed by atoms with van der Waals surface area (Å²) < 4.78 is 6.49. The number of ether oxygens (including phenoxy) is 1. The molecule has 1 N–H and O–H groups in total. The first kappa shape index (κ1) is 14.0. The number of carbonyl (C=O) groups is 1. The summed E-state index contributed by atoms with van der Waals surface area (Å²) in [5.41, 5.74) is 0.709. The Hall–Kier alpha value is -2.44. The van der Waals surface area contributed by atoms with Gasteiger partial charge >= 0.3 is 5.97 Å². The maximum absolute atomic E-state index is 11.4. The van der Waals surface area contributed by atoms with E-state index in [9.17, 15) is 9.90 Å². The maximum Gasteiger partial charge on any atom is 0.328 e. The van der Waals surface area contributed by atoms with Crippen LogP contribution in [0.3, 0.4) is 0 Å². The zero-order valence-corrected chi connectivity index (χ0v) is 11.5. The van der Waals surface area contributed by atoms with Crippen LogP contribution in [0.4, 0.5) is 0 Å². The van der Waals surface area contributed by atoms with E-state index in [0.717, 1.165) is 0 Å². The highest BCUT2D eigenvalue weighted by Crippen LogP contribution is 2.26. The van der Waals surface area contributed by atoms with Crippen molar-refractivity contribution in [1.29, 1.82) is 0 Å². The second-order valence-corrected chi connectivity index (χ2v) is 4.71. The van der Waals surface area contributed by atoms with E-state index in [4.69, 9.17) is 4.74 Å². The van der Waals surface area contributed by atoms with Crippen molar-refractivity contribution in [3.63, 3.8) is 0 Å². The minimum Gasteiger partial charge on any atom is -0.497 e. The quantitative estimate of drug-likeness (QED) is 0.892. The number of aliphatic carboxylic acids is 1. The molecule has 106 valence electrons. The Morgan fingerprint density at radius 3 is 2.75 bits per heavy atom. The monoisotopic (exact) mass is 276 g/mol. The van der Waals surface area contributed by atoms with Crippen LogP contribution in [0.1, 0.15) is 19.9 Å². The van der Waals surface area contributed by atoms with Gasteiger partial charge in [-0.1, -0.05) is 26.0 Å². The number of hydrogen-bond acceptors (Lipinski definition) is 5. The van der Waals surface area contributed by atoms with Crippen molar-refractivity contribution in [2.45, 2.75) is 19.9 Å². The fourth-order valence-electron chi connectivity index (χ4n) is 2.01. The van der Waals surface area contributed by atoms with Crippen LogP contribution >= 0.6 is 0 Å². The third-order valence-electron chi connectivity index (χ3n) is 2.97. The Morgan fingerprint density at radius 1 is 1.40 bits per heavy atom. The second-order valence-electron chi connectivity index (χ2n) is 4.71. The Morgan fingerprint density at radius 2 is 2.15 bits per heavy atom. The van der Waals surface area contributed by atoms with Crippen molar-refractivity contribution in [3.05, 3.63) is 24.3 Å². The van der Waals surface area contributed by atoms with Crippen molar-refractivity contribution in [1.82, 2.24) is 20.2 Å². The fraction of sp³-hybridized carbons (Fsp3) is 0.385. The Kier molecular flexibility index (Phi) is 3.97. The molecule has 0 saturated heterocycles. The third-order valence-corrected chi connectivity index (χ3v) is 2.97. The van der Waals surface area contributed by atoms with Gasteiger partial charge in [-0.25, -0.2) is 9.48 Å². The molecule has 2 rings (SSSR count). The number of methoxy groups -OCH3 is 1. The number of rotatable bonds is 5. The van der Waals surface area contributed by atoms with Gasteiger partial charge in [0.2, 0.25) is 0 Å². The van der Waals surface area contributed by atoms with E-state index in [1.807, 2.05) is 19.9 Å². The van der Waals surface area contributed by atoms with Gasteiger partial charge < -0.3 is 9.84 Å². The van der Waals surface area contributed by atoms with Gasteiger partial charge in [-0.15, -0.1) is 5.10 Å². The number of tetrazole rings is 1. The molecule has 0 radical (unpaired) electrons. The number of hydrogen-bond donors (Lipinski definition) is 1. The van der Waals surface area contributed by atoms with Gasteiger partial charge in [0.25, 0.3) is 0 Å². The van der Waals surface area contributed by atoms with Crippen LogP contribution < -0.4 is 4.74 Å². The summed E-state index contributed by atoms with van der Waals surface area (Å²) in [5, 5.41) is 20.7. The summed E-state index contributed by atoms with van der Waals surface area (Å²) in [4.78, 5) is 11.4. The molecule has 1 unspecified atom stereocenters. The standard InChI is InChI=1S/C13H16N4O3/c1-8(2)11(13(18)19)17-12(14-15-16-17)9-5-4-6-10(7-9)20-3/h4-8,11H,1-3H3,(H,18,19). The number of aromatic nitrogens is 4. The minimum absolute atomic E-state index is 0.139. The summed E-state index contributed by atoms with van der Waals surface area (Å²) in [6.07, 6.45) is 0. The lowest BCUT2D eigenvalue weighted by molar-refractivity contribution is -0.142. The number of benzene rings is 1. The fourth-order valence-corrected chi connectivity index (χ4v) is 2.01. The van der Waals surface area contributed by atoms with Gasteiger partial charge in [-0.3, -0.25) is 0 Å². The van der Waals surface area contributed by atoms with Crippen molar-refractivity contribution in [2.75, 3.05) is 7.11 Å². The van der Waals surface area contributed by atoms with Gasteiger partial charge in [0.05, 0.1) is 7.11 Å². The summed E-state index contributed by atoms with van der Waals surface area (Å²) in [6, 6.07) is 6.37. The highest BCUT2D eigenvalue weighted by Gasteiger charge is 2.28. The van der Waals surface area contributed by atoms with Crippen molar-refractivity contribution in [3.8, 4) is 17.1 Å². The summed E-state index contributed by atoms with van der Waals surface area (Å²) in [6.45, 7) is 3.63. The van der Waals surface area contributed by atoms with Crippen LogP contribution in [0.15, 0.2) is 24.3 Å².